The summed E-state index contributed by atoms with van der Waals surface area (Å²) in [7, 11) is -3.08. The summed E-state index contributed by atoms with van der Waals surface area (Å²) in [5.74, 6) is 0.176. The van der Waals surface area contributed by atoms with Gasteiger partial charge in [0.1, 0.15) is 4.83 Å². The number of aryl methyl sites for hydroxylation is 3. The highest BCUT2D eigenvalue weighted by molar-refractivity contribution is 7.99. The third-order valence-corrected chi connectivity index (χ3v) is 10.8. The molecule has 1 fully saturated rings. The Morgan fingerprint density at radius 2 is 2.06 bits per heavy atom. The van der Waals surface area contributed by atoms with Crippen LogP contribution in [-0.2, 0) is 40.4 Å². The summed E-state index contributed by atoms with van der Waals surface area (Å²) in [6, 6.07) is 9.77. The van der Waals surface area contributed by atoms with Crippen LogP contribution in [0.2, 0.25) is 0 Å². The summed E-state index contributed by atoms with van der Waals surface area (Å²) in [6.07, 6.45) is 4.18. The lowest BCUT2D eigenvalue weighted by Crippen LogP contribution is -2.42. The molecule has 0 radical (unpaired) electrons. The minimum absolute atomic E-state index is 0.0190. The topological polar surface area (TPSA) is 89.3 Å². The van der Waals surface area contributed by atoms with Gasteiger partial charge in [-0.15, -0.1) is 11.3 Å². The third-order valence-electron chi connectivity index (χ3n) is 6.89. The first-order chi connectivity index (χ1) is 16.9. The van der Waals surface area contributed by atoms with Crippen LogP contribution in [0.1, 0.15) is 35.8 Å². The number of rotatable bonds is 8. The summed E-state index contributed by atoms with van der Waals surface area (Å²) in [6.45, 7) is 2.83. The van der Waals surface area contributed by atoms with Crippen LogP contribution in [0.3, 0.4) is 0 Å². The van der Waals surface area contributed by atoms with Crippen LogP contribution in [0, 0.1) is 0 Å². The second-order valence-electron chi connectivity index (χ2n) is 9.15. The van der Waals surface area contributed by atoms with Gasteiger partial charge in [0.15, 0.2) is 15.0 Å². The lowest BCUT2D eigenvalue weighted by molar-refractivity contribution is -0.129. The van der Waals surface area contributed by atoms with Gasteiger partial charge >= 0.3 is 0 Å². The maximum atomic E-state index is 13.7. The van der Waals surface area contributed by atoms with E-state index in [4.69, 9.17) is 4.98 Å². The van der Waals surface area contributed by atoms with Gasteiger partial charge in [-0.05, 0) is 50.2 Å². The number of sulfone groups is 1. The summed E-state index contributed by atoms with van der Waals surface area (Å²) in [5, 5.41) is 1.30. The van der Waals surface area contributed by atoms with Crippen molar-refractivity contribution in [3.63, 3.8) is 0 Å². The number of carbonyl (C=O) groups is 1. The van der Waals surface area contributed by atoms with Crippen molar-refractivity contribution in [3.8, 4) is 0 Å². The van der Waals surface area contributed by atoms with E-state index in [-0.39, 0.29) is 34.8 Å². The van der Waals surface area contributed by atoms with Crippen molar-refractivity contribution in [2.75, 3.05) is 23.8 Å². The molecule has 5 rings (SSSR count). The average Bonchev–Trinajstić information content (AvgIpc) is 3.52. The van der Waals surface area contributed by atoms with Gasteiger partial charge in [0.05, 0.1) is 22.6 Å². The molecule has 1 aromatic carbocycles. The first kappa shape index (κ1) is 24.5. The lowest BCUT2D eigenvalue weighted by Gasteiger charge is -2.26. The van der Waals surface area contributed by atoms with Crippen LogP contribution in [0.5, 0.6) is 0 Å². The summed E-state index contributed by atoms with van der Waals surface area (Å²) in [5.41, 5.74) is 2.28. The monoisotopic (exact) mass is 531 g/mol. The fourth-order valence-electron chi connectivity index (χ4n) is 5.12. The predicted molar refractivity (Wildman–Crippen MR) is 141 cm³/mol. The van der Waals surface area contributed by atoms with Crippen LogP contribution in [-0.4, -0.2) is 58.6 Å². The van der Waals surface area contributed by atoms with Crippen molar-refractivity contribution in [2.45, 2.75) is 56.8 Å². The van der Waals surface area contributed by atoms with E-state index >= 15 is 0 Å². The van der Waals surface area contributed by atoms with Crippen molar-refractivity contribution in [2.24, 2.45) is 0 Å². The van der Waals surface area contributed by atoms with Gasteiger partial charge < -0.3 is 4.90 Å². The fraction of sp³-hybridized carbons (Fsp3) is 0.480. The minimum atomic E-state index is -3.08. The number of aromatic nitrogens is 2. The molecule has 2 aliphatic rings. The predicted octanol–water partition coefficient (Wildman–Crippen LogP) is 3.32. The smallest absolute Gasteiger partial charge is 0.263 e. The van der Waals surface area contributed by atoms with E-state index in [2.05, 4.69) is 0 Å². The Labute approximate surface area is 213 Å². The highest BCUT2D eigenvalue weighted by Gasteiger charge is 2.34. The van der Waals surface area contributed by atoms with Crippen LogP contribution in [0.25, 0.3) is 10.2 Å². The van der Waals surface area contributed by atoms with E-state index in [0.717, 1.165) is 40.6 Å². The Kier molecular flexibility index (Phi) is 7.05. The van der Waals surface area contributed by atoms with E-state index < -0.39 is 9.84 Å². The maximum Gasteiger partial charge on any atom is 0.263 e. The van der Waals surface area contributed by atoms with Crippen molar-refractivity contribution in [1.29, 1.82) is 0 Å². The van der Waals surface area contributed by atoms with Crippen LogP contribution >= 0.6 is 23.1 Å². The zero-order valence-electron chi connectivity index (χ0n) is 19.7. The molecule has 1 atom stereocenters. The second-order valence-corrected chi connectivity index (χ2v) is 13.4. The Morgan fingerprint density at radius 1 is 1.26 bits per heavy atom. The summed E-state index contributed by atoms with van der Waals surface area (Å²) >= 11 is 2.88. The second kappa shape index (κ2) is 10.1. The van der Waals surface area contributed by atoms with E-state index in [0.29, 0.717) is 31.1 Å². The van der Waals surface area contributed by atoms with Gasteiger partial charge in [-0.3, -0.25) is 14.2 Å². The number of thioether (sulfide) groups is 1. The van der Waals surface area contributed by atoms with E-state index in [1.54, 1.807) is 20.8 Å². The zero-order valence-corrected chi connectivity index (χ0v) is 22.2. The van der Waals surface area contributed by atoms with Crippen LogP contribution < -0.4 is 5.56 Å². The van der Waals surface area contributed by atoms with Crippen LogP contribution in [0.15, 0.2) is 40.3 Å². The zero-order chi connectivity index (χ0) is 24.6. The molecule has 1 aliphatic heterocycles. The molecule has 7 nitrogen and oxygen atoms in total. The summed E-state index contributed by atoms with van der Waals surface area (Å²) < 4.78 is 25.6. The number of benzene rings is 1. The number of hydrogen-bond acceptors (Lipinski definition) is 7. The normalized spacial score (nSPS) is 18.7. The highest BCUT2D eigenvalue weighted by atomic mass is 32.2. The average molecular weight is 532 g/mol. The Morgan fingerprint density at radius 3 is 2.77 bits per heavy atom. The molecule has 3 heterocycles. The van der Waals surface area contributed by atoms with Gasteiger partial charge in [0.25, 0.3) is 5.56 Å². The number of nitrogens with zero attached hydrogens (tertiary/aromatic N) is 3. The Balaban J connectivity index is 1.42. The molecule has 0 N–H and O–H groups in total. The van der Waals surface area contributed by atoms with Gasteiger partial charge in [-0.1, -0.05) is 42.1 Å². The van der Waals surface area contributed by atoms with Crippen molar-refractivity contribution < 1.29 is 13.2 Å². The van der Waals surface area contributed by atoms with E-state index in [1.165, 1.54) is 16.6 Å². The first-order valence-electron chi connectivity index (χ1n) is 12.1. The molecular formula is C25H29N3O4S3. The molecule has 0 spiro atoms. The molecule has 10 heteroatoms. The first-order valence-corrected chi connectivity index (χ1v) is 15.7. The fourth-order valence-corrected chi connectivity index (χ4v) is 9.06. The van der Waals surface area contributed by atoms with Gasteiger partial charge in [0.2, 0.25) is 5.91 Å². The van der Waals surface area contributed by atoms with Gasteiger partial charge in [-0.25, -0.2) is 13.4 Å². The molecular weight excluding hydrogens is 502 g/mol. The van der Waals surface area contributed by atoms with Crippen LogP contribution in [0.4, 0.5) is 0 Å². The number of hydrogen-bond donors (Lipinski definition) is 0. The highest BCUT2D eigenvalue weighted by Crippen LogP contribution is 2.35. The number of amides is 1. The number of fused-ring (bicyclic) bond motifs is 3. The molecule has 0 bridgehead atoms. The standard InChI is InChI=1S/C25H29N3O4S3/c1-2-27(18-12-14-35(31,32)16-18)21(29)15-33-25-26-23-22(19-9-6-10-20(19)34-23)24(30)28(25)13-11-17-7-4-3-5-8-17/h3-5,7-8,18H,2,6,9-16H2,1H3/t18-/m0/s1. The van der Waals surface area contributed by atoms with Crippen molar-refractivity contribution in [3.05, 3.63) is 56.7 Å². The molecule has 1 amide bonds. The Hall–Kier alpha value is -2.17. The third kappa shape index (κ3) is 5.06. The number of thiophene rings is 1. The minimum Gasteiger partial charge on any atom is -0.338 e. The van der Waals surface area contributed by atoms with Gasteiger partial charge in [0, 0.05) is 24.0 Å². The lowest BCUT2D eigenvalue weighted by atomic mass is 10.1. The van der Waals surface area contributed by atoms with Gasteiger partial charge in [-0.2, -0.15) is 0 Å². The largest absolute Gasteiger partial charge is 0.338 e. The molecule has 0 unspecified atom stereocenters. The molecule has 3 aromatic rings. The quantitative estimate of drug-likeness (QED) is 0.327. The SMILES string of the molecule is CCN(C(=O)CSc1nc2sc3c(c2c(=O)n1CCc1ccccc1)CCC3)[C@H]1CCS(=O)(=O)C1. The van der Waals surface area contributed by atoms with E-state index in [9.17, 15) is 18.0 Å². The molecule has 35 heavy (non-hydrogen) atoms. The molecule has 0 saturated carbocycles. The Bertz CT molecular complexity index is 1410. The maximum absolute atomic E-state index is 13.7. The molecule has 1 aliphatic carbocycles. The molecule has 2 aromatic heterocycles. The molecule has 1 saturated heterocycles. The van der Waals surface area contributed by atoms with Crippen molar-refractivity contribution in [1.82, 2.24) is 14.5 Å². The molecule has 186 valence electrons. The number of carbonyl (C=O) groups excluding carboxylic acids is 1. The van der Waals surface area contributed by atoms with E-state index in [1.807, 2.05) is 37.3 Å². The van der Waals surface area contributed by atoms with Crippen molar-refractivity contribution >= 4 is 49.1 Å². The summed E-state index contributed by atoms with van der Waals surface area (Å²) in [4.78, 5) is 35.3.